The van der Waals surface area contributed by atoms with Crippen molar-refractivity contribution in [3.63, 3.8) is 0 Å². The highest BCUT2D eigenvalue weighted by Gasteiger charge is 2.04. The number of thiophene rings is 1. The van der Waals surface area contributed by atoms with E-state index in [2.05, 4.69) is 18.0 Å². The first-order valence-corrected chi connectivity index (χ1v) is 5.45. The van der Waals surface area contributed by atoms with E-state index in [1.54, 1.807) is 11.3 Å². The molecule has 1 aromatic rings. The molecule has 0 radical (unpaired) electrons. The largest absolute Gasteiger partial charge is 0.327 e. The molecule has 0 aromatic carbocycles. The van der Waals surface area contributed by atoms with Crippen molar-refractivity contribution in [2.45, 2.75) is 19.5 Å². The van der Waals surface area contributed by atoms with E-state index in [1.165, 1.54) is 4.88 Å². The molecular weight excluding hydrogens is 239 g/mol. The molecule has 82 valence electrons. The van der Waals surface area contributed by atoms with Crippen LogP contribution >= 0.6 is 35.3 Å². The SMILES string of the molecule is CC(N)CN(C)Cc1ccc(Cl)s1.Cl. The van der Waals surface area contributed by atoms with E-state index >= 15 is 0 Å². The second-order valence-electron chi connectivity index (χ2n) is 3.38. The van der Waals surface area contributed by atoms with Crippen LogP contribution in [0.3, 0.4) is 0 Å². The van der Waals surface area contributed by atoms with Gasteiger partial charge in [-0.2, -0.15) is 0 Å². The molecule has 2 nitrogen and oxygen atoms in total. The number of likely N-dealkylation sites (N-methyl/N-ethyl adjacent to an activating group) is 1. The second-order valence-corrected chi connectivity index (χ2v) is 5.18. The van der Waals surface area contributed by atoms with E-state index in [0.717, 1.165) is 17.4 Å². The normalized spacial score (nSPS) is 12.6. The zero-order valence-electron chi connectivity index (χ0n) is 8.37. The maximum absolute atomic E-state index is 5.82. The summed E-state index contributed by atoms with van der Waals surface area (Å²) < 4.78 is 0.851. The predicted octanol–water partition coefficient (Wildman–Crippen LogP) is 2.60. The number of hydrogen-bond donors (Lipinski definition) is 1. The lowest BCUT2D eigenvalue weighted by Crippen LogP contribution is -2.32. The first-order valence-electron chi connectivity index (χ1n) is 4.26. The molecule has 0 bridgehead atoms. The molecule has 1 unspecified atom stereocenters. The molecule has 0 aliphatic rings. The Labute approximate surface area is 100 Å². The number of nitrogens with two attached hydrogens (primary N) is 1. The number of halogens is 2. The highest BCUT2D eigenvalue weighted by molar-refractivity contribution is 7.16. The summed E-state index contributed by atoms with van der Waals surface area (Å²) in [4.78, 5) is 3.49. The topological polar surface area (TPSA) is 29.3 Å². The van der Waals surface area contributed by atoms with Gasteiger partial charge in [-0.1, -0.05) is 11.6 Å². The molecule has 5 heteroatoms. The fourth-order valence-corrected chi connectivity index (χ4v) is 2.43. The summed E-state index contributed by atoms with van der Waals surface area (Å²) in [6, 6.07) is 4.21. The van der Waals surface area contributed by atoms with Crippen molar-refractivity contribution in [2.24, 2.45) is 5.73 Å². The summed E-state index contributed by atoms with van der Waals surface area (Å²) in [5, 5.41) is 0. The Morgan fingerprint density at radius 1 is 1.57 bits per heavy atom. The van der Waals surface area contributed by atoms with Gasteiger partial charge in [0.1, 0.15) is 0 Å². The summed E-state index contributed by atoms with van der Waals surface area (Å²) in [7, 11) is 2.07. The first kappa shape index (κ1) is 14.2. The van der Waals surface area contributed by atoms with Gasteiger partial charge >= 0.3 is 0 Å². The van der Waals surface area contributed by atoms with Crippen LogP contribution in [0.4, 0.5) is 0 Å². The van der Waals surface area contributed by atoms with E-state index in [1.807, 2.05) is 13.0 Å². The monoisotopic (exact) mass is 254 g/mol. The minimum absolute atomic E-state index is 0. The van der Waals surface area contributed by atoms with E-state index in [9.17, 15) is 0 Å². The van der Waals surface area contributed by atoms with Crippen LogP contribution in [0, 0.1) is 0 Å². The van der Waals surface area contributed by atoms with Gasteiger partial charge in [-0.15, -0.1) is 23.7 Å². The molecule has 0 spiro atoms. The minimum Gasteiger partial charge on any atom is -0.327 e. The predicted molar refractivity (Wildman–Crippen MR) is 66.6 cm³/mol. The van der Waals surface area contributed by atoms with Gasteiger partial charge in [-0.3, -0.25) is 4.90 Å². The van der Waals surface area contributed by atoms with Crippen LogP contribution < -0.4 is 5.73 Å². The molecular formula is C9H16Cl2N2S. The van der Waals surface area contributed by atoms with Gasteiger partial charge in [-0.25, -0.2) is 0 Å². The van der Waals surface area contributed by atoms with Gasteiger partial charge in [0.2, 0.25) is 0 Å². The van der Waals surface area contributed by atoms with Crippen LogP contribution in [-0.2, 0) is 6.54 Å². The highest BCUT2D eigenvalue weighted by Crippen LogP contribution is 2.22. The molecule has 2 N–H and O–H groups in total. The van der Waals surface area contributed by atoms with E-state index in [4.69, 9.17) is 17.3 Å². The minimum atomic E-state index is 0. The molecule has 1 heterocycles. The average molecular weight is 255 g/mol. The number of rotatable bonds is 4. The van der Waals surface area contributed by atoms with E-state index in [0.29, 0.717) is 0 Å². The Kier molecular flexibility index (Phi) is 6.74. The molecule has 1 aromatic heterocycles. The van der Waals surface area contributed by atoms with Crippen LogP contribution in [-0.4, -0.2) is 24.5 Å². The summed E-state index contributed by atoms with van der Waals surface area (Å²) in [6.07, 6.45) is 0. The summed E-state index contributed by atoms with van der Waals surface area (Å²) in [6.45, 7) is 3.85. The van der Waals surface area contributed by atoms with Crippen molar-refractivity contribution in [3.05, 3.63) is 21.3 Å². The molecule has 0 aliphatic heterocycles. The maximum Gasteiger partial charge on any atom is 0.0931 e. The van der Waals surface area contributed by atoms with Gasteiger partial charge < -0.3 is 5.73 Å². The van der Waals surface area contributed by atoms with Gasteiger partial charge in [0.25, 0.3) is 0 Å². The van der Waals surface area contributed by atoms with Gasteiger partial charge in [-0.05, 0) is 26.1 Å². The number of hydrogen-bond acceptors (Lipinski definition) is 3. The third kappa shape index (κ3) is 5.17. The van der Waals surface area contributed by atoms with Crippen molar-refractivity contribution in [2.75, 3.05) is 13.6 Å². The molecule has 0 fully saturated rings. The molecule has 0 amide bonds. The Balaban J connectivity index is 0.00000169. The lowest BCUT2D eigenvalue weighted by molar-refractivity contribution is 0.312. The summed E-state index contributed by atoms with van der Waals surface area (Å²) in [5.41, 5.74) is 5.69. The smallest absolute Gasteiger partial charge is 0.0931 e. The third-order valence-corrected chi connectivity index (χ3v) is 2.87. The van der Waals surface area contributed by atoms with Crippen molar-refractivity contribution >= 4 is 35.3 Å². The lowest BCUT2D eigenvalue weighted by Gasteiger charge is -2.17. The summed E-state index contributed by atoms with van der Waals surface area (Å²) in [5.74, 6) is 0. The molecule has 0 aliphatic carbocycles. The molecule has 1 rings (SSSR count). The van der Waals surface area contributed by atoms with Crippen molar-refractivity contribution in [1.82, 2.24) is 4.90 Å². The summed E-state index contributed by atoms with van der Waals surface area (Å²) >= 11 is 7.45. The van der Waals surface area contributed by atoms with Gasteiger partial charge in [0.15, 0.2) is 0 Å². The van der Waals surface area contributed by atoms with Crippen molar-refractivity contribution in [3.8, 4) is 0 Å². The second kappa shape index (κ2) is 6.64. The fourth-order valence-electron chi connectivity index (χ4n) is 1.26. The van der Waals surface area contributed by atoms with E-state index in [-0.39, 0.29) is 18.4 Å². The molecule has 1 atom stereocenters. The highest BCUT2D eigenvalue weighted by atomic mass is 35.5. The Morgan fingerprint density at radius 2 is 2.21 bits per heavy atom. The standard InChI is InChI=1S/C9H15ClN2S.ClH/c1-7(11)5-12(2)6-8-3-4-9(10)13-8;/h3-4,7H,5-6,11H2,1-2H3;1H. The fraction of sp³-hybridized carbons (Fsp3) is 0.556. The van der Waals surface area contributed by atoms with E-state index < -0.39 is 0 Å². The average Bonchev–Trinajstić information content (AvgIpc) is 2.33. The van der Waals surface area contributed by atoms with Crippen LogP contribution in [0.5, 0.6) is 0 Å². The first-order chi connectivity index (χ1) is 6.08. The van der Waals surface area contributed by atoms with Gasteiger partial charge in [0.05, 0.1) is 4.34 Å². The van der Waals surface area contributed by atoms with Crippen molar-refractivity contribution < 1.29 is 0 Å². The molecule has 14 heavy (non-hydrogen) atoms. The zero-order valence-corrected chi connectivity index (χ0v) is 10.8. The zero-order chi connectivity index (χ0) is 9.84. The Hall–Kier alpha value is 0.200. The number of nitrogens with zero attached hydrogens (tertiary/aromatic N) is 1. The maximum atomic E-state index is 5.82. The molecule has 0 saturated carbocycles. The van der Waals surface area contributed by atoms with Crippen molar-refractivity contribution in [1.29, 1.82) is 0 Å². The Bertz CT molecular complexity index is 263. The van der Waals surface area contributed by atoms with Crippen LogP contribution in [0.2, 0.25) is 4.34 Å². The third-order valence-electron chi connectivity index (χ3n) is 1.65. The molecule has 0 saturated heterocycles. The van der Waals surface area contributed by atoms with Gasteiger partial charge in [0, 0.05) is 24.0 Å². The quantitative estimate of drug-likeness (QED) is 0.896. The van der Waals surface area contributed by atoms with Crippen LogP contribution in [0.1, 0.15) is 11.8 Å². The van der Waals surface area contributed by atoms with Crippen LogP contribution in [0.25, 0.3) is 0 Å². The lowest BCUT2D eigenvalue weighted by atomic mass is 10.3. The van der Waals surface area contributed by atoms with Crippen LogP contribution in [0.15, 0.2) is 12.1 Å². The Morgan fingerprint density at radius 3 is 2.64 bits per heavy atom.